The highest BCUT2D eigenvalue weighted by atomic mass is 15.0. The van der Waals surface area contributed by atoms with Gasteiger partial charge in [-0.15, -0.1) is 6.58 Å². The molecule has 0 bridgehead atoms. The molecule has 1 nitrogen and oxygen atoms in total. The van der Waals surface area contributed by atoms with Crippen LogP contribution in [0.1, 0.15) is 32.6 Å². The molecule has 64 valence electrons. The van der Waals surface area contributed by atoms with Crippen molar-refractivity contribution in [1.29, 1.82) is 0 Å². The number of allylic oxidation sites excluding steroid dienone is 1. The number of hydrogen-bond acceptors (Lipinski definition) is 1. The quantitative estimate of drug-likeness (QED) is 0.456. The van der Waals surface area contributed by atoms with Crippen molar-refractivity contribution in [2.24, 2.45) is 5.92 Å². The van der Waals surface area contributed by atoms with E-state index in [1.165, 1.54) is 25.8 Å². The molecule has 1 heteroatoms. The van der Waals surface area contributed by atoms with Crippen molar-refractivity contribution in [3.63, 3.8) is 0 Å². The molecule has 0 amide bonds. The molecule has 0 aromatic rings. The first kappa shape index (κ1) is 8.79. The van der Waals surface area contributed by atoms with Crippen molar-refractivity contribution < 1.29 is 0 Å². The van der Waals surface area contributed by atoms with Gasteiger partial charge in [-0.25, -0.2) is 0 Å². The summed E-state index contributed by atoms with van der Waals surface area (Å²) in [6.07, 6.45) is 7.14. The molecule has 0 radical (unpaired) electrons. The maximum atomic E-state index is 3.70. The average Bonchev–Trinajstić information content (AvgIpc) is 2.77. The fraction of sp³-hybridized carbons (Fsp3) is 0.800. The maximum absolute atomic E-state index is 3.70. The van der Waals surface area contributed by atoms with Crippen LogP contribution in [0, 0.1) is 5.92 Å². The van der Waals surface area contributed by atoms with E-state index in [0.29, 0.717) is 0 Å². The highest BCUT2D eigenvalue weighted by molar-refractivity contribution is 4.91. The zero-order valence-electron chi connectivity index (χ0n) is 7.47. The summed E-state index contributed by atoms with van der Waals surface area (Å²) in [5, 5.41) is 3.54. The Morgan fingerprint density at radius 1 is 1.64 bits per heavy atom. The minimum atomic E-state index is 0.852. The van der Waals surface area contributed by atoms with Crippen LogP contribution in [-0.4, -0.2) is 12.6 Å². The average molecular weight is 153 g/mol. The van der Waals surface area contributed by atoms with Crippen molar-refractivity contribution in [2.75, 3.05) is 6.54 Å². The fourth-order valence-corrected chi connectivity index (χ4v) is 1.48. The number of unbranched alkanes of at least 4 members (excludes halogenated alkanes) is 1. The van der Waals surface area contributed by atoms with E-state index >= 15 is 0 Å². The summed E-state index contributed by atoms with van der Waals surface area (Å²) in [7, 11) is 0. The number of nitrogens with one attached hydrogen (secondary N) is 1. The molecule has 1 N–H and O–H groups in total. The van der Waals surface area contributed by atoms with Crippen LogP contribution >= 0.6 is 0 Å². The molecule has 1 aliphatic carbocycles. The van der Waals surface area contributed by atoms with Gasteiger partial charge in [0, 0.05) is 6.04 Å². The highest BCUT2D eigenvalue weighted by Crippen LogP contribution is 2.32. The Balaban J connectivity index is 1.85. The molecule has 0 spiro atoms. The Morgan fingerprint density at radius 3 is 3.00 bits per heavy atom. The zero-order valence-corrected chi connectivity index (χ0v) is 7.47. The predicted molar refractivity (Wildman–Crippen MR) is 49.6 cm³/mol. The maximum Gasteiger partial charge on any atom is 0.00990 e. The molecule has 1 fully saturated rings. The largest absolute Gasteiger partial charge is 0.314 e. The summed E-state index contributed by atoms with van der Waals surface area (Å²) in [4.78, 5) is 0. The van der Waals surface area contributed by atoms with Crippen LogP contribution in [0.3, 0.4) is 0 Å². The van der Waals surface area contributed by atoms with Crippen LogP contribution < -0.4 is 5.32 Å². The first-order valence-corrected chi connectivity index (χ1v) is 4.72. The van der Waals surface area contributed by atoms with E-state index in [4.69, 9.17) is 0 Å². The highest BCUT2D eigenvalue weighted by Gasteiger charge is 2.33. The van der Waals surface area contributed by atoms with E-state index in [1.54, 1.807) is 0 Å². The van der Waals surface area contributed by atoms with Gasteiger partial charge >= 0.3 is 0 Å². The van der Waals surface area contributed by atoms with Crippen molar-refractivity contribution in [2.45, 2.75) is 38.6 Å². The van der Waals surface area contributed by atoms with Crippen molar-refractivity contribution in [1.82, 2.24) is 5.32 Å². The summed E-state index contributed by atoms with van der Waals surface area (Å²) < 4.78 is 0. The lowest BCUT2D eigenvalue weighted by Gasteiger charge is -2.00. The SMILES string of the molecule is C=CCCCNC1CC1CC. The molecule has 0 aromatic heterocycles. The first-order valence-electron chi connectivity index (χ1n) is 4.72. The molecule has 2 atom stereocenters. The van der Waals surface area contributed by atoms with Crippen LogP contribution in [0.4, 0.5) is 0 Å². The third-order valence-electron chi connectivity index (χ3n) is 2.44. The summed E-state index contributed by atoms with van der Waals surface area (Å²) in [6, 6.07) is 0.852. The number of hydrogen-bond donors (Lipinski definition) is 1. The molecule has 11 heavy (non-hydrogen) atoms. The summed E-state index contributed by atoms with van der Waals surface area (Å²) in [5.74, 6) is 0.985. The molecule has 0 aliphatic heterocycles. The molecular weight excluding hydrogens is 134 g/mol. The third-order valence-corrected chi connectivity index (χ3v) is 2.44. The Kier molecular flexibility index (Phi) is 3.64. The Hall–Kier alpha value is -0.300. The Labute approximate surface area is 69.9 Å². The van der Waals surface area contributed by atoms with Crippen LogP contribution in [0.15, 0.2) is 12.7 Å². The molecule has 2 unspecified atom stereocenters. The van der Waals surface area contributed by atoms with E-state index in [2.05, 4.69) is 18.8 Å². The lowest BCUT2D eigenvalue weighted by atomic mass is 10.3. The van der Waals surface area contributed by atoms with Gasteiger partial charge in [0.1, 0.15) is 0 Å². The van der Waals surface area contributed by atoms with Gasteiger partial charge < -0.3 is 5.32 Å². The summed E-state index contributed by atoms with van der Waals surface area (Å²) in [5.41, 5.74) is 0. The van der Waals surface area contributed by atoms with E-state index < -0.39 is 0 Å². The summed E-state index contributed by atoms with van der Waals surface area (Å²) >= 11 is 0. The van der Waals surface area contributed by atoms with Gasteiger partial charge in [0.25, 0.3) is 0 Å². The molecule has 1 saturated carbocycles. The van der Waals surface area contributed by atoms with E-state index in [0.717, 1.165) is 18.4 Å². The van der Waals surface area contributed by atoms with E-state index in [-0.39, 0.29) is 0 Å². The van der Waals surface area contributed by atoms with Crippen LogP contribution in [-0.2, 0) is 0 Å². The second-order valence-corrected chi connectivity index (χ2v) is 3.40. The van der Waals surface area contributed by atoms with Gasteiger partial charge in [0.05, 0.1) is 0 Å². The molecule has 0 heterocycles. The number of rotatable bonds is 6. The van der Waals surface area contributed by atoms with Gasteiger partial charge in [-0.2, -0.15) is 0 Å². The van der Waals surface area contributed by atoms with E-state index in [9.17, 15) is 0 Å². The molecular formula is C10H19N. The molecule has 0 aromatic carbocycles. The van der Waals surface area contributed by atoms with Gasteiger partial charge in [-0.3, -0.25) is 0 Å². The lowest BCUT2D eigenvalue weighted by molar-refractivity contribution is 0.605. The van der Waals surface area contributed by atoms with Crippen LogP contribution in [0.25, 0.3) is 0 Å². The zero-order chi connectivity index (χ0) is 8.10. The fourth-order valence-electron chi connectivity index (χ4n) is 1.48. The van der Waals surface area contributed by atoms with E-state index in [1.807, 2.05) is 6.08 Å². The molecule has 0 saturated heterocycles. The van der Waals surface area contributed by atoms with Crippen LogP contribution in [0.2, 0.25) is 0 Å². The minimum Gasteiger partial charge on any atom is -0.314 e. The predicted octanol–water partition coefficient (Wildman–Crippen LogP) is 2.34. The summed E-state index contributed by atoms with van der Waals surface area (Å²) in [6.45, 7) is 7.14. The van der Waals surface area contributed by atoms with Crippen molar-refractivity contribution in [3.05, 3.63) is 12.7 Å². The lowest BCUT2D eigenvalue weighted by Crippen LogP contribution is -2.19. The van der Waals surface area contributed by atoms with Gasteiger partial charge in [-0.05, 0) is 31.7 Å². The van der Waals surface area contributed by atoms with Gasteiger partial charge in [-0.1, -0.05) is 19.4 Å². The smallest absolute Gasteiger partial charge is 0.00990 e. The second kappa shape index (κ2) is 4.55. The third kappa shape index (κ3) is 3.06. The standard InChI is InChI=1S/C10H19N/c1-3-5-6-7-11-10-8-9(10)4-2/h3,9-11H,1,4-8H2,2H3. The molecule has 1 aliphatic rings. The van der Waals surface area contributed by atoms with Crippen molar-refractivity contribution in [3.8, 4) is 0 Å². The topological polar surface area (TPSA) is 12.0 Å². The van der Waals surface area contributed by atoms with Crippen LogP contribution in [0.5, 0.6) is 0 Å². The monoisotopic (exact) mass is 153 g/mol. The normalized spacial score (nSPS) is 28.5. The van der Waals surface area contributed by atoms with Crippen molar-refractivity contribution >= 4 is 0 Å². The van der Waals surface area contributed by atoms with Gasteiger partial charge in [0.2, 0.25) is 0 Å². The molecule has 1 rings (SSSR count). The Bertz CT molecular complexity index is 120. The second-order valence-electron chi connectivity index (χ2n) is 3.40. The first-order chi connectivity index (χ1) is 5.38. The minimum absolute atomic E-state index is 0.852. The Morgan fingerprint density at radius 2 is 2.45 bits per heavy atom. The van der Waals surface area contributed by atoms with Gasteiger partial charge in [0.15, 0.2) is 0 Å².